The number of unbranched alkanes of at least 4 members (excludes halogenated alkanes) is 2. The number of benzene rings is 3. The van der Waals surface area contributed by atoms with E-state index >= 15 is 0 Å². The molecule has 346 valence electrons. The van der Waals surface area contributed by atoms with Crippen LogP contribution in [0.1, 0.15) is 68.9 Å². The third-order valence-corrected chi connectivity index (χ3v) is 12.1. The maximum absolute atomic E-state index is 14.4. The molecule has 0 spiro atoms. The number of alkyl halides is 1. The van der Waals surface area contributed by atoms with E-state index in [1.807, 2.05) is 13.0 Å². The van der Waals surface area contributed by atoms with E-state index in [4.69, 9.17) is 50.0 Å². The van der Waals surface area contributed by atoms with Crippen LogP contribution in [0.25, 0.3) is 0 Å². The van der Waals surface area contributed by atoms with Gasteiger partial charge in [-0.25, -0.2) is 14.0 Å². The molecular formula is C48H59ClFN3O11. The van der Waals surface area contributed by atoms with Gasteiger partial charge in [-0.05, 0) is 98.0 Å². The molecule has 6 atom stereocenters. The first-order chi connectivity index (χ1) is 31.1. The molecule has 3 aromatic carbocycles. The van der Waals surface area contributed by atoms with Crippen molar-refractivity contribution in [2.45, 2.75) is 76.2 Å². The maximum Gasteiger partial charge on any atom is 0.417 e. The number of nitrogens with zero attached hydrogens (tertiary/aromatic N) is 2. The number of aliphatic hydroxyl groups excluding tert-OH is 2. The lowest BCUT2D eigenvalue weighted by Crippen LogP contribution is -2.70. The van der Waals surface area contributed by atoms with Gasteiger partial charge in [0.2, 0.25) is 5.79 Å². The van der Waals surface area contributed by atoms with Crippen LogP contribution in [0.3, 0.4) is 0 Å². The molecule has 2 aliphatic carbocycles. The Bertz CT molecular complexity index is 2120. The Labute approximate surface area is 378 Å². The number of ether oxygens (including phenoxy) is 6. The zero-order chi connectivity index (χ0) is 45.6. The summed E-state index contributed by atoms with van der Waals surface area (Å²) in [6, 6.07) is 15.1. The van der Waals surface area contributed by atoms with Gasteiger partial charge in [0.15, 0.2) is 0 Å². The molecule has 64 heavy (non-hydrogen) atoms. The highest BCUT2D eigenvalue weighted by Crippen LogP contribution is 2.62. The zero-order valence-corrected chi connectivity index (χ0v) is 37.4. The van der Waals surface area contributed by atoms with Crippen LogP contribution in [0.15, 0.2) is 90.1 Å². The number of rotatable bonds is 22. The Morgan fingerprint density at radius 2 is 1.77 bits per heavy atom. The number of hydrogen-bond donors (Lipinski definition) is 3. The Morgan fingerprint density at radius 1 is 1.02 bits per heavy atom. The van der Waals surface area contributed by atoms with Crippen LogP contribution in [0.2, 0.25) is 0 Å². The third kappa shape index (κ3) is 10.9. The topological polar surface area (TPSA) is 167 Å². The molecule has 0 saturated heterocycles. The molecule has 3 aliphatic rings. The Morgan fingerprint density at radius 3 is 2.45 bits per heavy atom. The number of amides is 2. The van der Waals surface area contributed by atoms with Gasteiger partial charge in [-0.3, -0.25) is 10.2 Å². The average molecular weight is 908 g/mol. The van der Waals surface area contributed by atoms with E-state index in [0.717, 1.165) is 24.0 Å². The number of nitrogens with one attached hydrogen (secondary N) is 1. The van der Waals surface area contributed by atoms with E-state index in [-0.39, 0.29) is 69.5 Å². The minimum Gasteiger partial charge on any atom is -0.497 e. The molecule has 2 amide bonds. The highest BCUT2D eigenvalue weighted by Gasteiger charge is 2.65. The van der Waals surface area contributed by atoms with Crippen LogP contribution < -0.4 is 24.3 Å². The van der Waals surface area contributed by atoms with Crippen LogP contribution in [0.5, 0.6) is 23.0 Å². The van der Waals surface area contributed by atoms with Gasteiger partial charge in [-0.1, -0.05) is 42.3 Å². The monoisotopic (exact) mass is 907 g/mol. The number of oxime groups is 1. The summed E-state index contributed by atoms with van der Waals surface area (Å²) in [4.78, 5) is 35.3. The van der Waals surface area contributed by atoms with Crippen LogP contribution in [-0.2, 0) is 20.9 Å². The summed E-state index contributed by atoms with van der Waals surface area (Å²) in [5.41, 5.74) is 3.15. The van der Waals surface area contributed by atoms with Crippen molar-refractivity contribution in [1.82, 2.24) is 4.90 Å². The van der Waals surface area contributed by atoms with Crippen LogP contribution in [0.4, 0.5) is 19.7 Å². The summed E-state index contributed by atoms with van der Waals surface area (Å²) < 4.78 is 50.9. The van der Waals surface area contributed by atoms with Crippen LogP contribution in [0, 0.1) is 23.6 Å². The highest BCUT2D eigenvalue weighted by molar-refractivity contribution is 6.18. The molecule has 0 bridgehead atoms. The standard InChI is InChI=1S/C48H59ClFN3O11/c1-5-24-61-48-43(53(47(57)60-25-21-49)30-31-13-15-33(50)16-14-31)29-40(52-62-6-2)37-26-32(11-7-9-22-54)36(12-8-10-23-55)44(45(37)48)38-27-35(18-20-41(38)64-48)63-46(56)51-39-19-17-34(58-3)28-42(39)59-4/h5,13-20,26-28,32,36,43-45,54-55H,1,6-12,21-25,29-30H2,2-4H3,(H,51,56). The second kappa shape index (κ2) is 23.0. The van der Waals surface area contributed by atoms with Gasteiger partial charge in [0.05, 0.1) is 44.0 Å². The van der Waals surface area contributed by atoms with Gasteiger partial charge in [0.1, 0.15) is 48.1 Å². The fraction of sp³-hybridized carbons (Fsp3) is 0.479. The summed E-state index contributed by atoms with van der Waals surface area (Å²) >= 11 is 6.04. The highest BCUT2D eigenvalue weighted by atomic mass is 35.5. The molecule has 1 heterocycles. The molecule has 1 saturated carbocycles. The molecule has 6 rings (SSSR count). The predicted molar refractivity (Wildman–Crippen MR) is 240 cm³/mol. The van der Waals surface area contributed by atoms with Crippen molar-refractivity contribution >= 4 is 35.2 Å². The molecule has 0 radical (unpaired) electrons. The number of fused-ring (bicyclic) bond motifs is 2. The van der Waals surface area contributed by atoms with Crippen molar-refractivity contribution in [3.8, 4) is 23.0 Å². The second-order valence-corrected chi connectivity index (χ2v) is 16.2. The Kier molecular flexibility index (Phi) is 17.3. The van der Waals surface area contributed by atoms with E-state index in [0.29, 0.717) is 59.9 Å². The maximum atomic E-state index is 14.4. The normalized spacial score (nSPS) is 22.5. The quantitative estimate of drug-likeness (QED) is 0.0381. The van der Waals surface area contributed by atoms with Gasteiger partial charge in [-0.15, -0.1) is 18.2 Å². The SMILES string of the molecule is C=CCOC12Oc3ccc(OC(=O)Nc4ccc(OC)cc4OC)cc3C3C(CCCCO)C(CCCCO)C=C(C(=NOCC)CC1N(Cc1ccc(F)cc1)C(=O)OCCCl)C32. The third-order valence-electron chi connectivity index (χ3n) is 12.0. The largest absolute Gasteiger partial charge is 0.497 e. The van der Waals surface area contributed by atoms with Gasteiger partial charge in [0.25, 0.3) is 0 Å². The summed E-state index contributed by atoms with van der Waals surface area (Å²) in [7, 11) is 3.02. The lowest BCUT2D eigenvalue weighted by atomic mass is 9.55. The summed E-state index contributed by atoms with van der Waals surface area (Å²) in [5.74, 6) is -1.53. The van der Waals surface area contributed by atoms with E-state index in [9.17, 15) is 24.2 Å². The van der Waals surface area contributed by atoms with Gasteiger partial charge < -0.3 is 43.5 Å². The number of allylic oxidation sites excluding steroid dienone is 1. The number of carbonyl (C=O) groups is 2. The summed E-state index contributed by atoms with van der Waals surface area (Å²) in [6.07, 6.45) is 6.58. The number of aliphatic hydroxyl groups is 2. The number of anilines is 1. The fourth-order valence-electron chi connectivity index (χ4n) is 9.30. The van der Waals surface area contributed by atoms with Crippen molar-refractivity contribution in [3.63, 3.8) is 0 Å². The summed E-state index contributed by atoms with van der Waals surface area (Å²) in [5, 5.41) is 27.3. The Hall–Kier alpha value is -5.35. The van der Waals surface area contributed by atoms with Crippen LogP contribution >= 0.6 is 11.6 Å². The molecular weight excluding hydrogens is 849 g/mol. The number of methoxy groups -OCH3 is 2. The smallest absolute Gasteiger partial charge is 0.417 e. The molecule has 16 heteroatoms. The molecule has 6 unspecified atom stereocenters. The van der Waals surface area contributed by atoms with E-state index < -0.39 is 41.7 Å². The fourth-order valence-corrected chi connectivity index (χ4v) is 9.37. The number of hydrogen-bond acceptors (Lipinski definition) is 12. The molecule has 14 nitrogen and oxygen atoms in total. The number of carbonyl (C=O) groups excluding carboxylic acids is 2. The Balaban J connectivity index is 1.54. The minimum atomic E-state index is -1.60. The molecule has 1 aliphatic heterocycles. The van der Waals surface area contributed by atoms with E-state index in [1.54, 1.807) is 48.5 Å². The first kappa shape index (κ1) is 48.1. The van der Waals surface area contributed by atoms with Crippen molar-refractivity contribution in [2.75, 3.05) is 58.5 Å². The number of halogens is 2. The lowest BCUT2D eigenvalue weighted by Gasteiger charge is -2.59. The predicted octanol–water partition coefficient (Wildman–Crippen LogP) is 8.98. The van der Waals surface area contributed by atoms with Crippen molar-refractivity contribution in [1.29, 1.82) is 0 Å². The second-order valence-electron chi connectivity index (χ2n) is 15.8. The van der Waals surface area contributed by atoms with Gasteiger partial charge in [-0.2, -0.15) is 0 Å². The van der Waals surface area contributed by atoms with Crippen molar-refractivity contribution in [3.05, 3.63) is 102 Å². The van der Waals surface area contributed by atoms with E-state index in [2.05, 4.69) is 18.0 Å². The van der Waals surface area contributed by atoms with Crippen molar-refractivity contribution < 1.29 is 57.5 Å². The average Bonchev–Trinajstić information content (AvgIpc) is 3.30. The summed E-state index contributed by atoms with van der Waals surface area (Å²) in [6.45, 7) is 6.11. The van der Waals surface area contributed by atoms with E-state index in [1.165, 1.54) is 31.3 Å². The van der Waals surface area contributed by atoms with Gasteiger partial charge in [0, 0.05) is 43.7 Å². The molecule has 3 aromatic rings. The molecule has 1 fully saturated rings. The van der Waals surface area contributed by atoms with Crippen LogP contribution in [-0.4, -0.2) is 98.0 Å². The molecule has 0 aromatic heterocycles. The first-order valence-corrected chi connectivity index (χ1v) is 22.3. The lowest BCUT2D eigenvalue weighted by molar-refractivity contribution is -0.256. The minimum absolute atomic E-state index is 0.00951. The zero-order valence-electron chi connectivity index (χ0n) is 36.6. The first-order valence-electron chi connectivity index (χ1n) is 21.8. The van der Waals surface area contributed by atoms with Crippen molar-refractivity contribution in [2.24, 2.45) is 22.9 Å². The van der Waals surface area contributed by atoms with Gasteiger partial charge >= 0.3 is 12.2 Å². The molecule has 3 N–H and O–H groups in total.